The Hall–Kier alpha value is -2.62. The van der Waals surface area contributed by atoms with E-state index in [0.29, 0.717) is 5.92 Å². The Balaban J connectivity index is 1.61. The number of hydrogen-bond acceptors (Lipinski definition) is 2. The van der Waals surface area contributed by atoms with Gasteiger partial charge in [0.2, 0.25) is 0 Å². The Morgan fingerprint density at radius 3 is 2.60 bits per heavy atom. The van der Waals surface area contributed by atoms with Crippen molar-refractivity contribution in [3.05, 3.63) is 59.9 Å². The van der Waals surface area contributed by atoms with Gasteiger partial charge in [-0.25, -0.2) is 0 Å². The predicted octanol–water partition coefficient (Wildman–Crippen LogP) is 5.08. The van der Waals surface area contributed by atoms with Crippen LogP contribution in [0.4, 0.5) is 0 Å². The quantitative estimate of drug-likeness (QED) is 0.549. The van der Waals surface area contributed by atoms with Crippen LogP contribution in [0, 0.1) is 0 Å². The SMILES string of the molecule is CC(Cc1cc2[nH]c(C(C)(C)C)cc2cn1)c1cc2ccncc2[nH]1. The lowest BCUT2D eigenvalue weighted by molar-refractivity contribution is 0.574. The monoisotopic (exact) mass is 332 g/mol. The van der Waals surface area contributed by atoms with Gasteiger partial charge in [0, 0.05) is 57.1 Å². The maximum Gasteiger partial charge on any atom is 0.0642 e. The van der Waals surface area contributed by atoms with Crippen LogP contribution in [-0.4, -0.2) is 19.9 Å². The number of pyridine rings is 2. The fourth-order valence-electron chi connectivity index (χ4n) is 3.27. The van der Waals surface area contributed by atoms with Crippen molar-refractivity contribution in [1.82, 2.24) is 19.9 Å². The average Bonchev–Trinajstić information content (AvgIpc) is 3.18. The van der Waals surface area contributed by atoms with Gasteiger partial charge < -0.3 is 9.97 Å². The molecule has 4 heterocycles. The fraction of sp³-hybridized carbons (Fsp3) is 0.333. The zero-order valence-electron chi connectivity index (χ0n) is 15.2. The number of aromatic amines is 2. The maximum absolute atomic E-state index is 4.68. The molecule has 0 amide bonds. The van der Waals surface area contributed by atoms with E-state index in [9.17, 15) is 0 Å². The summed E-state index contributed by atoms with van der Waals surface area (Å²) in [5.74, 6) is 0.370. The molecule has 0 spiro atoms. The molecule has 0 aliphatic carbocycles. The van der Waals surface area contributed by atoms with Crippen LogP contribution in [0.2, 0.25) is 0 Å². The van der Waals surface area contributed by atoms with Crippen LogP contribution in [-0.2, 0) is 11.8 Å². The molecule has 0 saturated carbocycles. The molecule has 4 heteroatoms. The molecule has 0 aliphatic rings. The summed E-state index contributed by atoms with van der Waals surface area (Å²) in [5.41, 5.74) is 5.96. The second kappa shape index (κ2) is 5.73. The first-order valence-corrected chi connectivity index (χ1v) is 8.81. The van der Waals surface area contributed by atoms with E-state index < -0.39 is 0 Å². The standard InChI is InChI=1S/C21H24N4/c1-13(17-8-14-5-6-22-12-19(14)24-17)7-16-10-18-15(11-23-16)9-20(25-18)21(2,3)4/h5-6,8-13,24-25H,7H2,1-4H3. The Kier molecular flexibility index (Phi) is 3.64. The molecule has 1 unspecified atom stereocenters. The summed E-state index contributed by atoms with van der Waals surface area (Å²) in [7, 11) is 0. The summed E-state index contributed by atoms with van der Waals surface area (Å²) in [6.07, 6.45) is 6.60. The van der Waals surface area contributed by atoms with Gasteiger partial charge in [-0.1, -0.05) is 27.7 Å². The molecule has 0 aromatic carbocycles. The third kappa shape index (κ3) is 3.04. The molecular weight excluding hydrogens is 308 g/mol. The van der Waals surface area contributed by atoms with E-state index in [1.165, 1.54) is 27.7 Å². The van der Waals surface area contributed by atoms with E-state index in [-0.39, 0.29) is 5.41 Å². The molecule has 2 N–H and O–H groups in total. The Morgan fingerprint density at radius 2 is 1.84 bits per heavy atom. The first-order valence-electron chi connectivity index (χ1n) is 8.81. The highest BCUT2D eigenvalue weighted by molar-refractivity contribution is 5.80. The van der Waals surface area contributed by atoms with Gasteiger partial charge >= 0.3 is 0 Å². The molecule has 0 radical (unpaired) electrons. The van der Waals surface area contributed by atoms with Gasteiger partial charge in [-0.15, -0.1) is 0 Å². The van der Waals surface area contributed by atoms with Crippen LogP contribution in [0.5, 0.6) is 0 Å². The molecule has 1 atom stereocenters. The molecule has 4 nitrogen and oxygen atoms in total. The zero-order valence-corrected chi connectivity index (χ0v) is 15.2. The zero-order chi connectivity index (χ0) is 17.6. The van der Waals surface area contributed by atoms with Crippen molar-refractivity contribution < 1.29 is 0 Å². The van der Waals surface area contributed by atoms with Gasteiger partial charge in [-0.05, 0) is 30.7 Å². The highest BCUT2D eigenvalue weighted by Gasteiger charge is 2.17. The average molecular weight is 332 g/mol. The Morgan fingerprint density at radius 1 is 1.00 bits per heavy atom. The van der Waals surface area contributed by atoms with Gasteiger partial charge in [-0.3, -0.25) is 9.97 Å². The van der Waals surface area contributed by atoms with Crippen LogP contribution < -0.4 is 0 Å². The van der Waals surface area contributed by atoms with Gasteiger partial charge in [0.15, 0.2) is 0 Å². The van der Waals surface area contributed by atoms with Crippen molar-refractivity contribution in [2.45, 2.75) is 45.4 Å². The third-order valence-corrected chi connectivity index (χ3v) is 4.86. The third-order valence-electron chi connectivity index (χ3n) is 4.86. The second-order valence-corrected chi connectivity index (χ2v) is 7.99. The summed E-state index contributed by atoms with van der Waals surface area (Å²) >= 11 is 0. The van der Waals surface area contributed by atoms with Gasteiger partial charge in [0.05, 0.1) is 11.7 Å². The van der Waals surface area contributed by atoms with Crippen LogP contribution in [0.1, 0.15) is 50.7 Å². The summed E-state index contributed by atoms with van der Waals surface area (Å²) < 4.78 is 0. The molecule has 4 rings (SSSR count). The van der Waals surface area contributed by atoms with Crippen LogP contribution in [0.25, 0.3) is 21.8 Å². The summed E-state index contributed by atoms with van der Waals surface area (Å²) in [6.45, 7) is 8.90. The smallest absolute Gasteiger partial charge is 0.0642 e. The van der Waals surface area contributed by atoms with Crippen LogP contribution in [0.15, 0.2) is 42.9 Å². The second-order valence-electron chi connectivity index (χ2n) is 7.99. The number of H-pyrrole nitrogens is 2. The van der Waals surface area contributed by atoms with E-state index in [0.717, 1.165) is 17.6 Å². The molecular formula is C21H24N4. The topological polar surface area (TPSA) is 57.4 Å². The van der Waals surface area contributed by atoms with Crippen molar-refractivity contribution in [2.75, 3.05) is 0 Å². The van der Waals surface area contributed by atoms with E-state index in [4.69, 9.17) is 0 Å². The summed E-state index contributed by atoms with van der Waals surface area (Å²) in [6, 6.07) is 8.65. The van der Waals surface area contributed by atoms with Crippen LogP contribution in [0.3, 0.4) is 0 Å². The number of fused-ring (bicyclic) bond motifs is 2. The molecule has 4 aromatic heterocycles. The highest BCUT2D eigenvalue weighted by Crippen LogP contribution is 2.27. The highest BCUT2D eigenvalue weighted by atomic mass is 14.8. The van der Waals surface area contributed by atoms with Crippen molar-refractivity contribution in [3.63, 3.8) is 0 Å². The molecule has 0 bridgehead atoms. The van der Waals surface area contributed by atoms with Crippen molar-refractivity contribution >= 4 is 21.8 Å². The van der Waals surface area contributed by atoms with E-state index in [1.807, 2.05) is 24.7 Å². The van der Waals surface area contributed by atoms with Crippen molar-refractivity contribution in [2.24, 2.45) is 0 Å². The minimum Gasteiger partial charge on any atom is -0.358 e. The lowest BCUT2D eigenvalue weighted by Crippen LogP contribution is -2.10. The number of rotatable bonds is 3. The molecule has 0 saturated heterocycles. The van der Waals surface area contributed by atoms with Gasteiger partial charge in [-0.2, -0.15) is 0 Å². The minimum atomic E-state index is 0.116. The number of nitrogens with one attached hydrogen (secondary N) is 2. The predicted molar refractivity (Wildman–Crippen MR) is 103 cm³/mol. The fourth-order valence-corrected chi connectivity index (χ4v) is 3.27. The van der Waals surface area contributed by atoms with E-state index >= 15 is 0 Å². The maximum atomic E-state index is 4.68. The minimum absolute atomic E-state index is 0.116. The Bertz CT molecular complexity index is 1000. The summed E-state index contributed by atoms with van der Waals surface area (Å²) in [4.78, 5) is 15.9. The first kappa shape index (κ1) is 15.9. The molecule has 25 heavy (non-hydrogen) atoms. The lowest BCUT2D eigenvalue weighted by Gasteiger charge is -2.15. The molecule has 0 fully saturated rings. The largest absolute Gasteiger partial charge is 0.358 e. The number of nitrogens with zero attached hydrogens (tertiary/aromatic N) is 2. The summed E-state index contributed by atoms with van der Waals surface area (Å²) in [5, 5.41) is 2.39. The van der Waals surface area contributed by atoms with Crippen molar-refractivity contribution in [3.8, 4) is 0 Å². The normalized spacial score (nSPS) is 13.6. The lowest BCUT2D eigenvalue weighted by atomic mass is 9.92. The van der Waals surface area contributed by atoms with E-state index in [2.05, 4.69) is 65.8 Å². The molecule has 4 aromatic rings. The number of aromatic nitrogens is 4. The van der Waals surface area contributed by atoms with E-state index in [1.54, 1.807) is 0 Å². The van der Waals surface area contributed by atoms with Gasteiger partial charge in [0.1, 0.15) is 0 Å². The number of hydrogen-bond donors (Lipinski definition) is 2. The molecule has 128 valence electrons. The van der Waals surface area contributed by atoms with Gasteiger partial charge in [0.25, 0.3) is 0 Å². The first-order chi connectivity index (χ1) is 11.9. The van der Waals surface area contributed by atoms with Crippen LogP contribution >= 0.6 is 0 Å². The van der Waals surface area contributed by atoms with Crippen molar-refractivity contribution in [1.29, 1.82) is 0 Å². The molecule has 0 aliphatic heterocycles. The Labute approximate surface area is 147 Å².